The lowest BCUT2D eigenvalue weighted by atomic mass is 10.1. The number of nitrogens with two attached hydrogens (primary N) is 1. The molecule has 110 valence electrons. The average molecular weight is 286 g/mol. The first kappa shape index (κ1) is 13.7. The number of aromatic nitrogens is 4. The smallest absolute Gasteiger partial charge is 0.225 e. The van der Waals surface area contributed by atoms with E-state index in [1.807, 2.05) is 24.3 Å². The first-order chi connectivity index (χ1) is 10.1. The minimum atomic E-state index is -0.0531. The van der Waals surface area contributed by atoms with Gasteiger partial charge in [-0.05, 0) is 41.3 Å². The Hall–Kier alpha value is -2.28. The van der Waals surface area contributed by atoms with E-state index < -0.39 is 0 Å². The molecule has 1 saturated carbocycles. The zero-order valence-electron chi connectivity index (χ0n) is 11.9. The number of anilines is 1. The van der Waals surface area contributed by atoms with E-state index >= 15 is 0 Å². The maximum Gasteiger partial charge on any atom is 0.225 e. The molecule has 1 fully saturated rings. The van der Waals surface area contributed by atoms with Crippen LogP contribution in [0.4, 0.5) is 5.69 Å². The number of rotatable bonds is 5. The normalized spacial score (nSPS) is 15.7. The molecule has 1 aromatic carbocycles. The molecule has 0 bridgehead atoms. The Morgan fingerprint density at radius 1 is 1.52 bits per heavy atom. The molecule has 0 saturated heterocycles. The van der Waals surface area contributed by atoms with E-state index in [9.17, 15) is 4.79 Å². The number of carbonyl (C=O) groups is 1. The highest BCUT2D eigenvalue weighted by atomic mass is 16.1. The fourth-order valence-corrected chi connectivity index (χ4v) is 2.33. The molecule has 7 nitrogen and oxygen atoms in total. The maximum atomic E-state index is 12.0. The number of nitrogens with zero attached hydrogens (tertiary/aromatic N) is 4. The predicted octanol–water partition coefficient (Wildman–Crippen LogP) is 0.943. The molecule has 0 aliphatic heterocycles. The summed E-state index contributed by atoms with van der Waals surface area (Å²) in [5, 5.41) is 14.3. The standard InChI is InChI=1S/C14H18N6O/c1-20-14(17-18-19-20)10-3-2-4-11(7-10)16-13(21)8-12(15)9-5-6-9/h2-4,7,9,12H,5-6,8,15H2,1H3,(H,16,21). The Balaban J connectivity index is 1.68. The van der Waals surface area contributed by atoms with Crippen molar-refractivity contribution in [2.75, 3.05) is 5.32 Å². The molecule has 1 atom stereocenters. The number of hydrogen-bond acceptors (Lipinski definition) is 5. The monoisotopic (exact) mass is 286 g/mol. The summed E-state index contributed by atoms with van der Waals surface area (Å²) in [5.74, 6) is 1.12. The summed E-state index contributed by atoms with van der Waals surface area (Å²) in [4.78, 5) is 12.0. The maximum absolute atomic E-state index is 12.0. The van der Waals surface area contributed by atoms with Gasteiger partial charge in [0.2, 0.25) is 5.91 Å². The van der Waals surface area contributed by atoms with Gasteiger partial charge in [-0.1, -0.05) is 12.1 Å². The van der Waals surface area contributed by atoms with Crippen molar-refractivity contribution >= 4 is 11.6 Å². The highest BCUT2D eigenvalue weighted by molar-refractivity contribution is 5.91. The molecule has 1 aliphatic carbocycles. The summed E-state index contributed by atoms with van der Waals surface area (Å²) < 4.78 is 1.59. The van der Waals surface area contributed by atoms with Crippen molar-refractivity contribution in [3.63, 3.8) is 0 Å². The zero-order chi connectivity index (χ0) is 14.8. The largest absolute Gasteiger partial charge is 0.327 e. The zero-order valence-corrected chi connectivity index (χ0v) is 11.9. The van der Waals surface area contributed by atoms with Crippen LogP contribution in [-0.4, -0.2) is 32.2 Å². The van der Waals surface area contributed by atoms with Crippen molar-refractivity contribution in [2.24, 2.45) is 18.7 Å². The predicted molar refractivity (Wildman–Crippen MR) is 78.2 cm³/mol. The van der Waals surface area contributed by atoms with Crippen molar-refractivity contribution in [1.82, 2.24) is 20.2 Å². The quantitative estimate of drug-likeness (QED) is 0.852. The molecular formula is C14H18N6O. The Morgan fingerprint density at radius 2 is 2.33 bits per heavy atom. The van der Waals surface area contributed by atoms with Crippen LogP contribution in [-0.2, 0) is 11.8 Å². The molecule has 2 aromatic rings. The van der Waals surface area contributed by atoms with Crippen LogP contribution >= 0.6 is 0 Å². The molecule has 0 radical (unpaired) electrons. The van der Waals surface area contributed by atoms with Gasteiger partial charge in [-0.15, -0.1) is 5.10 Å². The van der Waals surface area contributed by atoms with Crippen LogP contribution in [0.5, 0.6) is 0 Å². The van der Waals surface area contributed by atoms with E-state index in [0.29, 0.717) is 18.2 Å². The first-order valence-electron chi connectivity index (χ1n) is 7.01. The van der Waals surface area contributed by atoms with Crippen molar-refractivity contribution in [2.45, 2.75) is 25.3 Å². The van der Waals surface area contributed by atoms with Crippen LogP contribution in [0.2, 0.25) is 0 Å². The van der Waals surface area contributed by atoms with Crippen LogP contribution < -0.4 is 11.1 Å². The summed E-state index contributed by atoms with van der Waals surface area (Å²) in [6.07, 6.45) is 2.65. The van der Waals surface area contributed by atoms with E-state index in [-0.39, 0.29) is 11.9 Å². The third-order valence-electron chi connectivity index (χ3n) is 3.67. The summed E-state index contributed by atoms with van der Waals surface area (Å²) in [5.41, 5.74) is 7.55. The second-order valence-corrected chi connectivity index (χ2v) is 5.46. The van der Waals surface area contributed by atoms with E-state index in [1.54, 1.807) is 11.7 Å². The van der Waals surface area contributed by atoms with Gasteiger partial charge in [-0.25, -0.2) is 4.68 Å². The molecule has 21 heavy (non-hydrogen) atoms. The van der Waals surface area contributed by atoms with Crippen molar-refractivity contribution in [1.29, 1.82) is 0 Å². The Bertz CT molecular complexity index is 648. The van der Waals surface area contributed by atoms with Crippen molar-refractivity contribution in [3.05, 3.63) is 24.3 Å². The van der Waals surface area contributed by atoms with E-state index in [1.165, 1.54) is 0 Å². The minimum absolute atomic E-state index is 0.0314. The highest BCUT2D eigenvalue weighted by Crippen LogP contribution is 2.32. The molecule has 0 spiro atoms. The number of hydrogen-bond donors (Lipinski definition) is 2. The number of carbonyl (C=O) groups excluding carboxylic acids is 1. The number of benzene rings is 1. The average Bonchev–Trinajstić information content (AvgIpc) is 3.21. The molecule has 1 heterocycles. The van der Waals surface area contributed by atoms with Crippen molar-refractivity contribution < 1.29 is 4.79 Å². The summed E-state index contributed by atoms with van der Waals surface area (Å²) in [6, 6.07) is 7.42. The van der Waals surface area contributed by atoms with E-state index in [2.05, 4.69) is 20.8 Å². The number of nitrogens with one attached hydrogen (secondary N) is 1. The number of aryl methyl sites for hydroxylation is 1. The van der Waals surface area contributed by atoms with Gasteiger partial charge in [0.15, 0.2) is 5.82 Å². The van der Waals surface area contributed by atoms with Gasteiger partial charge in [0, 0.05) is 30.8 Å². The van der Waals surface area contributed by atoms with E-state index in [0.717, 1.165) is 24.1 Å². The highest BCUT2D eigenvalue weighted by Gasteiger charge is 2.29. The first-order valence-corrected chi connectivity index (χ1v) is 7.01. The minimum Gasteiger partial charge on any atom is -0.327 e. The third-order valence-corrected chi connectivity index (χ3v) is 3.67. The molecule has 1 aliphatic rings. The van der Waals surface area contributed by atoms with Crippen LogP contribution in [0.15, 0.2) is 24.3 Å². The SMILES string of the molecule is Cn1nnnc1-c1cccc(NC(=O)CC(N)C2CC2)c1. The van der Waals surface area contributed by atoms with Gasteiger partial charge in [0.1, 0.15) is 0 Å². The van der Waals surface area contributed by atoms with Gasteiger partial charge in [-0.2, -0.15) is 0 Å². The Kier molecular flexibility index (Phi) is 3.66. The van der Waals surface area contributed by atoms with Gasteiger partial charge >= 0.3 is 0 Å². The van der Waals surface area contributed by atoms with Gasteiger partial charge in [-0.3, -0.25) is 4.79 Å². The fraction of sp³-hybridized carbons (Fsp3) is 0.429. The summed E-state index contributed by atoms with van der Waals surface area (Å²) in [6.45, 7) is 0. The van der Waals surface area contributed by atoms with Crippen LogP contribution in [0.3, 0.4) is 0 Å². The fourth-order valence-electron chi connectivity index (χ4n) is 2.33. The molecule has 3 N–H and O–H groups in total. The second kappa shape index (κ2) is 5.61. The lowest BCUT2D eigenvalue weighted by Crippen LogP contribution is -2.28. The molecule has 7 heteroatoms. The van der Waals surface area contributed by atoms with Gasteiger partial charge in [0.05, 0.1) is 0 Å². The van der Waals surface area contributed by atoms with Crippen LogP contribution in [0.25, 0.3) is 11.4 Å². The Labute approximate surface area is 122 Å². The summed E-state index contributed by atoms with van der Waals surface area (Å²) >= 11 is 0. The van der Waals surface area contributed by atoms with Crippen LogP contribution in [0, 0.1) is 5.92 Å². The second-order valence-electron chi connectivity index (χ2n) is 5.46. The molecule has 1 aromatic heterocycles. The van der Waals surface area contributed by atoms with Crippen LogP contribution in [0.1, 0.15) is 19.3 Å². The molecule has 1 unspecified atom stereocenters. The van der Waals surface area contributed by atoms with Gasteiger partial charge in [0.25, 0.3) is 0 Å². The summed E-state index contributed by atoms with van der Waals surface area (Å²) in [7, 11) is 1.77. The van der Waals surface area contributed by atoms with E-state index in [4.69, 9.17) is 5.73 Å². The van der Waals surface area contributed by atoms with Gasteiger partial charge < -0.3 is 11.1 Å². The third kappa shape index (κ3) is 3.25. The lowest BCUT2D eigenvalue weighted by Gasteiger charge is -2.11. The molecular weight excluding hydrogens is 268 g/mol. The molecule has 1 amide bonds. The number of tetrazole rings is 1. The topological polar surface area (TPSA) is 98.7 Å². The van der Waals surface area contributed by atoms with Crippen molar-refractivity contribution in [3.8, 4) is 11.4 Å². The lowest BCUT2D eigenvalue weighted by molar-refractivity contribution is -0.116. The number of amides is 1. The molecule has 3 rings (SSSR count). The Morgan fingerprint density at radius 3 is 3.00 bits per heavy atom.